The highest BCUT2D eigenvalue weighted by molar-refractivity contribution is 8.00. The summed E-state index contributed by atoms with van der Waals surface area (Å²) in [4.78, 5) is 21.5. The van der Waals surface area contributed by atoms with Crippen molar-refractivity contribution in [3.63, 3.8) is 0 Å². The number of carbonyl (C=O) groups is 1. The highest BCUT2D eigenvalue weighted by Gasteiger charge is 2.38. The number of hydrogen-bond donors (Lipinski definition) is 0. The largest absolute Gasteiger partial charge is 0.466 e. The van der Waals surface area contributed by atoms with Gasteiger partial charge in [-0.2, -0.15) is 0 Å². The van der Waals surface area contributed by atoms with Crippen LogP contribution in [-0.2, 0) is 21.4 Å². The van der Waals surface area contributed by atoms with Gasteiger partial charge in [0, 0.05) is 15.2 Å². The summed E-state index contributed by atoms with van der Waals surface area (Å²) in [6, 6.07) is 4.50. The topological polar surface area (TPSA) is 52.1 Å². The molecule has 1 aromatic carbocycles. The fourth-order valence-corrected chi connectivity index (χ4v) is 5.63. The second-order valence-electron chi connectivity index (χ2n) is 8.71. The van der Waals surface area contributed by atoms with Crippen LogP contribution in [0.15, 0.2) is 29.4 Å². The fourth-order valence-electron chi connectivity index (χ4n) is 3.92. The van der Waals surface area contributed by atoms with E-state index in [-0.39, 0.29) is 22.6 Å². The number of aryl methyl sites for hydroxylation is 1. The number of nitrogens with zero attached hydrogens (tertiary/aromatic N) is 2. The minimum Gasteiger partial charge on any atom is -0.466 e. The zero-order valence-electron chi connectivity index (χ0n) is 18.0. The first-order valence-electron chi connectivity index (χ1n) is 9.92. The number of thioether (sulfide) groups is 1. The van der Waals surface area contributed by atoms with Crippen LogP contribution in [0.1, 0.15) is 69.1 Å². The van der Waals surface area contributed by atoms with Gasteiger partial charge in [0.2, 0.25) is 0 Å². The third-order valence-corrected chi connectivity index (χ3v) is 6.23. The summed E-state index contributed by atoms with van der Waals surface area (Å²) >= 11 is 1.96. The maximum atomic E-state index is 11.5. The highest BCUT2D eigenvalue weighted by atomic mass is 32.2. The van der Waals surface area contributed by atoms with E-state index in [1.54, 1.807) is 19.3 Å². The zero-order valence-corrected chi connectivity index (χ0v) is 18.9. The molecule has 0 aliphatic carbocycles. The third kappa shape index (κ3) is 5.19. The van der Waals surface area contributed by atoms with Crippen LogP contribution in [0, 0.1) is 18.8 Å². The maximum Gasteiger partial charge on any atom is 0.311 e. The molecule has 0 saturated carbocycles. The quantitative estimate of drug-likeness (QED) is 0.537. The second-order valence-corrected chi connectivity index (χ2v) is 10.5. The molecule has 0 unspecified atom stereocenters. The van der Waals surface area contributed by atoms with Gasteiger partial charge in [0.05, 0.1) is 31.1 Å². The molecular formula is C24H28N2O2S. The number of hydrogen-bond acceptors (Lipinski definition) is 5. The normalized spacial score (nSPS) is 16.3. The Kier molecular flexibility index (Phi) is 6.05. The van der Waals surface area contributed by atoms with Crippen molar-refractivity contribution in [2.45, 2.75) is 69.4 Å². The summed E-state index contributed by atoms with van der Waals surface area (Å²) < 4.78 is 5.17. The zero-order chi connectivity index (χ0) is 21.2. The van der Waals surface area contributed by atoms with Crippen LogP contribution in [0.4, 0.5) is 0 Å². The van der Waals surface area contributed by atoms with Crippen molar-refractivity contribution < 1.29 is 9.53 Å². The van der Waals surface area contributed by atoms with Crippen LogP contribution in [-0.4, -0.2) is 27.3 Å². The van der Waals surface area contributed by atoms with Crippen molar-refractivity contribution in [3.05, 3.63) is 52.6 Å². The number of esters is 1. The van der Waals surface area contributed by atoms with Crippen LogP contribution in [0.25, 0.3) is 0 Å². The molecule has 4 nitrogen and oxygen atoms in total. The molecule has 1 aliphatic rings. The summed E-state index contributed by atoms with van der Waals surface area (Å²) in [7, 11) is 0. The van der Waals surface area contributed by atoms with Gasteiger partial charge >= 0.3 is 5.97 Å². The minimum atomic E-state index is -0.297. The molecule has 0 radical (unpaired) electrons. The number of aromatic nitrogens is 2. The van der Waals surface area contributed by atoms with Crippen molar-refractivity contribution in [3.8, 4) is 11.8 Å². The molecule has 0 N–H and O–H groups in total. The first-order valence-corrected chi connectivity index (χ1v) is 10.7. The van der Waals surface area contributed by atoms with Gasteiger partial charge in [-0.1, -0.05) is 33.6 Å². The molecule has 29 heavy (non-hydrogen) atoms. The summed E-state index contributed by atoms with van der Waals surface area (Å²) in [6.07, 6.45) is 4.45. The van der Waals surface area contributed by atoms with Gasteiger partial charge < -0.3 is 4.74 Å². The van der Waals surface area contributed by atoms with Gasteiger partial charge in [-0.15, -0.1) is 11.8 Å². The first-order chi connectivity index (χ1) is 13.6. The predicted molar refractivity (Wildman–Crippen MR) is 117 cm³/mol. The number of benzene rings is 1. The second kappa shape index (κ2) is 8.20. The Bertz CT molecular complexity index is 982. The van der Waals surface area contributed by atoms with Gasteiger partial charge in [0.25, 0.3) is 0 Å². The maximum absolute atomic E-state index is 11.5. The lowest BCUT2D eigenvalue weighted by Crippen LogP contribution is -2.33. The monoisotopic (exact) mass is 408 g/mol. The van der Waals surface area contributed by atoms with Crippen LogP contribution >= 0.6 is 11.8 Å². The van der Waals surface area contributed by atoms with Crippen molar-refractivity contribution >= 4 is 17.7 Å². The minimum absolute atomic E-state index is 0.114. The van der Waals surface area contributed by atoms with E-state index in [1.807, 2.05) is 11.8 Å². The van der Waals surface area contributed by atoms with Gasteiger partial charge in [-0.25, -0.2) is 4.98 Å². The van der Waals surface area contributed by atoms with E-state index >= 15 is 0 Å². The number of rotatable bonds is 3. The number of carbonyl (C=O) groups excluding carboxylic acids is 1. The van der Waals surface area contributed by atoms with Crippen molar-refractivity contribution in [2.24, 2.45) is 0 Å². The molecule has 0 bridgehead atoms. The van der Waals surface area contributed by atoms with Gasteiger partial charge in [-0.05, 0) is 54.9 Å². The average Bonchev–Trinajstić information content (AvgIpc) is 2.60. The Hall–Kier alpha value is -2.32. The molecule has 0 amide bonds. The smallest absolute Gasteiger partial charge is 0.311 e. The molecule has 1 aliphatic heterocycles. The van der Waals surface area contributed by atoms with Crippen molar-refractivity contribution in [2.75, 3.05) is 6.61 Å². The van der Waals surface area contributed by atoms with E-state index in [0.717, 1.165) is 12.0 Å². The number of fused-ring (bicyclic) bond motifs is 1. The van der Waals surface area contributed by atoms with Crippen LogP contribution in [0.5, 0.6) is 0 Å². The summed E-state index contributed by atoms with van der Waals surface area (Å²) in [5, 5.41) is 0. The molecule has 152 valence electrons. The SMILES string of the molecule is CCOC(=O)Cc1cnc(C#Cc2cc3c(cc2C)SC(C)(C)CC3(C)C)cn1. The molecule has 2 aromatic rings. The average molecular weight is 409 g/mol. The van der Waals surface area contributed by atoms with E-state index in [1.165, 1.54) is 16.0 Å². The number of ether oxygens (including phenoxy) is 1. The third-order valence-electron chi connectivity index (χ3n) is 4.97. The molecule has 5 heteroatoms. The van der Waals surface area contributed by atoms with Gasteiger partial charge in [-0.3, -0.25) is 9.78 Å². The molecule has 0 fully saturated rings. The van der Waals surface area contributed by atoms with E-state index in [4.69, 9.17) is 4.74 Å². The van der Waals surface area contributed by atoms with Crippen molar-refractivity contribution in [1.82, 2.24) is 9.97 Å². The van der Waals surface area contributed by atoms with Crippen molar-refractivity contribution in [1.29, 1.82) is 0 Å². The summed E-state index contributed by atoms with van der Waals surface area (Å²) in [5.41, 5.74) is 4.85. The van der Waals surface area contributed by atoms with E-state index in [2.05, 4.69) is 68.6 Å². The lowest BCUT2D eigenvalue weighted by atomic mass is 9.76. The van der Waals surface area contributed by atoms with E-state index < -0.39 is 0 Å². The van der Waals surface area contributed by atoms with Crippen LogP contribution in [0.2, 0.25) is 0 Å². The molecular weight excluding hydrogens is 380 g/mol. The highest BCUT2D eigenvalue weighted by Crippen LogP contribution is 2.51. The molecule has 0 atom stereocenters. The fraction of sp³-hybridized carbons (Fsp3) is 0.458. The standard InChI is InChI=1S/C24H28N2O2S/c1-7-28-22(27)12-19-14-25-18(13-26-19)9-8-17-11-20-21(10-16(17)2)29-24(5,6)15-23(20,3)4/h10-11,13-14H,7,12,15H2,1-6H3. The Morgan fingerprint density at radius 3 is 2.59 bits per heavy atom. The summed E-state index contributed by atoms with van der Waals surface area (Å²) in [6.45, 7) is 13.5. The Balaban J connectivity index is 1.84. The molecule has 0 spiro atoms. The predicted octanol–water partition coefficient (Wildman–Crippen LogP) is 4.84. The van der Waals surface area contributed by atoms with E-state index in [0.29, 0.717) is 18.0 Å². The van der Waals surface area contributed by atoms with Gasteiger partial charge in [0.1, 0.15) is 5.69 Å². The lowest BCUT2D eigenvalue weighted by molar-refractivity contribution is -0.142. The first kappa shape index (κ1) is 21.4. The van der Waals surface area contributed by atoms with Crippen LogP contribution < -0.4 is 0 Å². The Morgan fingerprint density at radius 2 is 1.93 bits per heavy atom. The molecule has 1 aromatic heterocycles. The Labute approximate surface area is 177 Å². The molecule has 0 saturated heterocycles. The summed E-state index contributed by atoms with van der Waals surface area (Å²) in [5.74, 6) is 6.08. The molecule has 3 rings (SSSR count). The molecule has 2 heterocycles. The Morgan fingerprint density at radius 1 is 1.17 bits per heavy atom. The van der Waals surface area contributed by atoms with E-state index in [9.17, 15) is 4.79 Å². The lowest BCUT2D eigenvalue weighted by Gasteiger charge is -2.42. The van der Waals surface area contributed by atoms with Gasteiger partial charge in [0.15, 0.2) is 0 Å². The van der Waals surface area contributed by atoms with Crippen LogP contribution in [0.3, 0.4) is 0 Å².